The van der Waals surface area contributed by atoms with Gasteiger partial charge >= 0.3 is 0 Å². The van der Waals surface area contributed by atoms with Gasteiger partial charge in [0.2, 0.25) is 5.82 Å². The van der Waals surface area contributed by atoms with Gasteiger partial charge in [-0.05, 0) is 18.4 Å². The van der Waals surface area contributed by atoms with Crippen molar-refractivity contribution >= 4 is 5.91 Å². The van der Waals surface area contributed by atoms with Crippen LogP contribution in [0.25, 0.3) is 5.95 Å². The SMILES string of the molecule is O=C(c1nc(-n2cnnc2)n[nH]1)N1CC[C@@H](O)[C@@](CO)(Cc2ccccc2)C1. The van der Waals surface area contributed by atoms with Crippen LogP contribution in [0.5, 0.6) is 0 Å². The Morgan fingerprint density at radius 3 is 2.71 bits per heavy atom. The van der Waals surface area contributed by atoms with Gasteiger partial charge in [-0.1, -0.05) is 30.3 Å². The molecule has 1 aliphatic rings. The predicted octanol–water partition coefficient (Wildman–Crippen LogP) is -0.186. The third-order valence-corrected chi connectivity index (χ3v) is 5.21. The first-order valence-corrected chi connectivity index (χ1v) is 9.01. The van der Waals surface area contributed by atoms with Gasteiger partial charge in [0.1, 0.15) is 12.7 Å². The summed E-state index contributed by atoms with van der Waals surface area (Å²) in [6.45, 7) is 0.371. The summed E-state index contributed by atoms with van der Waals surface area (Å²) >= 11 is 0. The number of rotatable bonds is 5. The van der Waals surface area contributed by atoms with Gasteiger partial charge in [0, 0.05) is 18.5 Å². The van der Waals surface area contributed by atoms with Gasteiger partial charge in [0.15, 0.2) is 0 Å². The van der Waals surface area contributed by atoms with E-state index in [4.69, 9.17) is 0 Å². The molecule has 0 bridgehead atoms. The number of aromatic amines is 1. The van der Waals surface area contributed by atoms with Crippen molar-refractivity contribution in [3.8, 4) is 5.95 Å². The van der Waals surface area contributed by atoms with E-state index in [1.54, 1.807) is 4.90 Å². The molecule has 1 saturated heterocycles. The summed E-state index contributed by atoms with van der Waals surface area (Å²) in [5.41, 5.74) is 0.172. The maximum Gasteiger partial charge on any atom is 0.291 e. The van der Waals surface area contributed by atoms with Crippen LogP contribution in [-0.2, 0) is 6.42 Å². The highest BCUT2D eigenvalue weighted by atomic mass is 16.3. The fraction of sp³-hybridized carbons (Fsp3) is 0.389. The molecule has 2 aromatic heterocycles. The molecule has 3 heterocycles. The lowest BCUT2D eigenvalue weighted by Crippen LogP contribution is -2.56. The second-order valence-electron chi connectivity index (χ2n) is 7.07. The number of nitrogens with zero attached hydrogens (tertiary/aromatic N) is 6. The first-order chi connectivity index (χ1) is 13.6. The van der Waals surface area contributed by atoms with E-state index in [1.807, 2.05) is 30.3 Å². The summed E-state index contributed by atoms with van der Waals surface area (Å²) in [6.07, 6.45) is 3.02. The van der Waals surface area contributed by atoms with Crippen LogP contribution in [0.3, 0.4) is 0 Å². The molecule has 0 aliphatic carbocycles. The van der Waals surface area contributed by atoms with Crippen LogP contribution < -0.4 is 0 Å². The van der Waals surface area contributed by atoms with Crippen molar-refractivity contribution in [1.29, 1.82) is 0 Å². The van der Waals surface area contributed by atoms with Gasteiger partial charge in [-0.2, -0.15) is 4.98 Å². The summed E-state index contributed by atoms with van der Waals surface area (Å²) < 4.78 is 1.49. The molecule has 0 radical (unpaired) electrons. The number of carbonyl (C=O) groups is 1. The molecule has 10 nitrogen and oxygen atoms in total. The lowest BCUT2D eigenvalue weighted by molar-refractivity contribution is -0.0670. The van der Waals surface area contributed by atoms with E-state index in [0.29, 0.717) is 19.4 Å². The quantitative estimate of drug-likeness (QED) is 0.556. The number of H-pyrrole nitrogens is 1. The second-order valence-corrected chi connectivity index (χ2v) is 7.07. The Morgan fingerprint density at radius 2 is 2.00 bits per heavy atom. The van der Waals surface area contributed by atoms with Gasteiger partial charge in [0.25, 0.3) is 11.9 Å². The van der Waals surface area contributed by atoms with E-state index in [2.05, 4.69) is 25.4 Å². The lowest BCUT2D eigenvalue weighted by atomic mass is 9.73. The molecule has 10 heteroatoms. The smallest absolute Gasteiger partial charge is 0.291 e. The van der Waals surface area contributed by atoms with Crippen molar-refractivity contribution in [3.63, 3.8) is 0 Å². The Morgan fingerprint density at radius 1 is 1.25 bits per heavy atom. The average molecular weight is 383 g/mol. The molecular weight excluding hydrogens is 362 g/mol. The predicted molar refractivity (Wildman–Crippen MR) is 97.5 cm³/mol. The molecular formula is C18H21N7O3. The maximum atomic E-state index is 12.9. The maximum absolute atomic E-state index is 12.9. The summed E-state index contributed by atoms with van der Waals surface area (Å²) in [4.78, 5) is 18.7. The number of piperidine rings is 1. The number of hydrogen-bond acceptors (Lipinski definition) is 7. The molecule has 0 saturated carbocycles. The number of likely N-dealkylation sites (tertiary alicyclic amines) is 1. The lowest BCUT2D eigenvalue weighted by Gasteiger charge is -2.45. The highest BCUT2D eigenvalue weighted by Gasteiger charge is 2.44. The molecule has 0 unspecified atom stereocenters. The van der Waals surface area contributed by atoms with Gasteiger partial charge < -0.3 is 15.1 Å². The van der Waals surface area contributed by atoms with Gasteiger partial charge in [0.05, 0.1) is 12.7 Å². The van der Waals surface area contributed by atoms with E-state index < -0.39 is 11.5 Å². The third-order valence-electron chi connectivity index (χ3n) is 5.21. The molecule has 3 aromatic rings. The van der Waals surface area contributed by atoms with Crippen LogP contribution in [0.1, 0.15) is 22.6 Å². The number of aliphatic hydroxyl groups is 2. The standard InChI is InChI=1S/C18H21N7O3/c26-10-18(8-13-4-2-1-3-5-13)9-24(7-6-14(18)27)16(28)15-21-17(23-22-15)25-11-19-20-12-25/h1-5,11-12,14,26-27H,6-10H2,(H,21,22,23)/t14-,18+/m1/s1. The summed E-state index contributed by atoms with van der Waals surface area (Å²) in [6, 6.07) is 9.65. The van der Waals surface area contributed by atoms with Crippen LogP contribution in [0.4, 0.5) is 0 Å². The molecule has 1 amide bonds. The number of aliphatic hydroxyl groups excluding tert-OH is 2. The zero-order valence-electron chi connectivity index (χ0n) is 15.1. The number of aromatic nitrogens is 6. The van der Waals surface area contributed by atoms with Crippen LogP contribution >= 0.6 is 0 Å². The summed E-state index contributed by atoms with van der Waals surface area (Å²) in [7, 11) is 0. The van der Waals surface area contributed by atoms with E-state index in [1.165, 1.54) is 17.2 Å². The van der Waals surface area contributed by atoms with Crippen molar-refractivity contribution in [2.24, 2.45) is 5.41 Å². The first-order valence-electron chi connectivity index (χ1n) is 9.01. The number of carbonyl (C=O) groups excluding carboxylic acids is 1. The van der Waals surface area contributed by atoms with Gasteiger partial charge in [-0.25, -0.2) is 0 Å². The second kappa shape index (κ2) is 7.49. The Hall–Kier alpha value is -3.11. The molecule has 2 atom stereocenters. The minimum absolute atomic E-state index is 0.0895. The number of nitrogens with one attached hydrogen (secondary N) is 1. The van der Waals surface area contributed by atoms with E-state index >= 15 is 0 Å². The molecule has 3 N–H and O–H groups in total. The molecule has 1 aliphatic heterocycles. The Bertz CT molecular complexity index is 928. The van der Waals surface area contributed by atoms with Crippen LogP contribution in [0.2, 0.25) is 0 Å². The van der Waals surface area contributed by atoms with Crippen molar-refractivity contribution in [3.05, 3.63) is 54.4 Å². The molecule has 146 valence electrons. The topological polar surface area (TPSA) is 133 Å². The zero-order valence-corrected chi connectivity index (χ0v) is 15.1. The minimum atomic E-state index is -0.827. The average Bonchev–Trinajstić information content (AvgIpc) is 3.42. The van der Waals surface area contributed by atoms with Crippen LogP contribution in [0.15, 0.2) is 43.0 Å². The van der Waals surface area contributed by atoms with Gasteiger partial charge in [-0.3, -0.25) is 14.5 Å². The molecule has 0 spiro atoms. The van der Waals surface area contributed by atoms with Crippen molar-refractivity contribution in [1.82, 2.24) is 34.8 Å². The van der Waals surface area contributed by atoms with Crippen LogP contribution in [0, 0.1) is 5.41 Å². The Labute approximate surface area is 160 Å². The van der Waals surface area contributed by atoms with Crippen LogP contribution in [-0.4, -0.2) is 76.8 Å². The summed E-state index contributed by atoms with van der Waals surface area (Å²) in [5.74, 6) is 0.0272. The zero-order chi connectivity index (χ0) is 19.6. The van der Waals surface area contributed by atoms with E-state index in [0.717, 1.165) is 5.56 Å². The normalized spacial score (nSPS) is 22.4. The number of hydrogen-bond donors (Lipinski definition) is 3. The van der Waals surface area contributed by atoms with Crippen molar-refractivity contribution in [2.45, 2.75) is 18.9 Å². The highest BCUT2D eigenvalue weighted by Crippen LogP contribution is 2.34. The van der Waals surface area contributed by atoms with E-state index in [-0.39, 0.29) is 30.8 Å². The largest absolute Gasteiger partial charge is 0.396 e. The molecule has 4 rings (SSSR count). The Kier molecular flexibility index (Phi) is 4.88. The fourth-order valence-electron chi connectivity index (χ4n) is 3.63. The number of amides is 1. The molecule has 1 fully saturated rings. The molecule has 28 heavy (non-hydrogen) atoms. The first kappa shape index (κ1) is 18.3. The highest BCUT2D eigenvalue weighted by molar-refractivity contribution is 5.90. The Balaban J connectivity index is 1.54. The van der Waals surface area contributed by atoms with E-state index in [9.17, 15) is 15.0 Å². The van der Waals surface area contributed by atoms with Gasteiger partial charge in [-0.15, -0.1) is 15.3 Å². The number of benzene rings is 1. The molecule has 1 aromatic carbocycles. The van der Waals surface area contributed by atoms with Crippen molar-refractivity contribution in [2.75, 3.05) is 19.7 Å². The third kappa shape index (κ3) is 3.39. The summed E-state index contributed by atoms with van der Waals surface area (Å²) in [5, 5.41) is 34.8. The minimum Gasteiger partial charge on any atom is -0.396 e. The van der Waals surface area contributed by atoms with Crippen molar-refractivity contribution < 1.29 is 15.0 Å². The monoisotopic (exact) mass is 383 g/mol. The fourth-order valence-corrected chi connectivity index (χ4v) is 3.63.